The van der Waals surface area contributed by atoms with Crippen molar-refractivity contribution in [3.63, 3.8) is 0 Å². The summed E-state index contributed by atoms with van der Waals surface area (Å²) in [4.78, 5) is 4.26. The van der Waals surface area contributed by atoms with Gasteiger partial charge >= 0.3 is 0 Å². The molecule has 0 spiro atoms. The number of aromatic nitrogens is 1. The van der Waals surface area contributed by atoms with Gasteiger partial charge in [-0.3, -0.25) is 4.98 Å². The van der Waals surface area contributed by atoms with Crippen LogP contribution < -0.4 is 5.73 Å². The van der Waals surface area contributed by atoms with Crippen LogP contribution in [0.25, 0.3) is 11.1 Å². The van der Waals surface area contributed by atoms with Gasteiger partial charge in [0.05, 0.1) is 5.69 Å². The lowest BCUT2D eigenvalue weighted by molar-refractivity contribution is 0.628. The van der Waals surface area contributed by atoms with Crippen molar-refractivity contribution in [3.05, 3.63) is 54.1 Å². The van der Waals surface area contributed by atoms with E-state index in [-0.39, 0.29) is 11.9 Å². The third kappa shape index (κ3) is 2.25. The quantitative estimate of drug-likeness (QED) is 0.838. The predicted molar refractivity (Wildman–Crippen MR) is 62.2 cm³/mol. The lowest BCUT2D eigenvalue weighted by Gasteiger charge is -2.06. The average Bonchev–Trinajstić information content (AvgIpc) is 2.30. The van der Waals surface area contributed by atoms with Crippen molar-refractivity contribution >= 4 is 0 Å². The molecule has 1 heterocycles. The van der Waals surface area contributed by atoms with Crippen molar-refractivity contribution in [1.29, 1.82) is 0 Å². The monoisotopic (exact) mass is 216 g/mol. The Bertz CT molecular complexity index is 460. The van der Waals surface area contributed by atoms with Crippen molar-refractivity contribution in [3.8, 4) is 11.1 Å². The van der Waals surface area contributed by atoms with Gasteiger partial charge in [0.1, 0.15) is 5.82 Å². The summed E-state index contributed by atoms with van der Waals surface area (Å²) in [5.74, 6) is -0.232. The maximum absolute atomic E-state index is 12.7. The zero-order valence-corrected chi connectivity index (χ0v) is 9.02. The summed E-state index contributed by atoms with van der Waals surface area (Å²) < 4.78 is 12.7. The van der Waals surface area contributed by atoms with Crippen LogP contribution in [0.1, 0.15) is 18.7 Å². The molecule has 0 saturated carbocycles. The molecule has 0 aliphatic heterocycles. The summed E-state index contributed by atoms with van der Waals surface area (Å²) in [6.45, 7) is 1.89. The van der Waals surface area contributed by atoms with Crippen molar-refractivity contribution in [2.45, 2.75) is 13.0 Å². The molecule has 2 nitrogen and oxygen atoms in total. The van der Waals surface area contributed by atoms with Crippen LogP contribution in [-0.2, 0) is 0 Å². The smallest absolute Gasteiger partial charge is 0.123 e. The number of rotatable bonds is 2. The number of nitrogens with zero attached hydrogens (tertiary/aromatic N) is 1. The van der Waals surface area contributed by atoms with Crippen molar-refractivity contribution in [2.75, 3.05) is 0 Å². The second kappa shape index (κ2) is 4.41. The second-order valence-electron chi connectivity index (χ2n) is 3.77. The van der Waals surface area contributed by atoms with E-state index in [4.69, 9.17) is 5.73 Å². The van der Waals surface area contributed by atoms with Crippen LogP contribution in [0.4, 0.5) is 4.39 Å². The van der Waals surface area contributed by atoms with Gasteiger partial charge < -0.3 is 5.73 Å². The first-order valence-electron chi connectivity index (χ1n) is 5.14. The first-order chi connectivity index (χ1) is 7.66. The fourth-order valence-electron chi connectivity index (χ4n) is 1.49. The highest BCUT2D eigenvalue weighted by Crippen LogP contribution is 2.19. The fraction of sp³-hybridized carbons (Fsp3) is 0.154. The number of halogens is 1. The Hall–Kier alpha value is -1.74. The molecule has 0 aliphatic carbocycles. The minimum Gasteiger partial charge on any atom is -0.323 e. The normalized spacial score (nSPS) is 12.4. The largest absolute Gasteiger partial charge is 0.323 e. The summed E-state index contributed by atoms with van der Waals surface area (Å²) in [6, 6.07) is 10.1. The number of hydrogen-bond donors (Lipinski definition) is 1. The predicted octanol–water partition coefficient (Wildman–Crippen LogP) is 2.91. The number of nitrogens with two attached hydrogens (primary N) is 1. The van der Waals surface area contributed by atoms with Gasteiger partial charge in [0.2, 0.25) is 0 Å². The highest BCUT2D eigenvalue weighted by Gasteiger charge is 2.02. The second-order valence-corrected chi connectivity index (χ2v) is 3.77. The first-order valence-corrected chi connectivity index (χ1v) is 5.14. The Balaban J connectivity index is 2.31. The molecule has 0 radical (unpaired) electrons. The van der Waals surface area contributed by atoms with Crippen LogP contribution in [0, 0.1) is 5.82 Å². The van der Waals surface area contributed by atoms with Gasteiger partial charge in [-0.15, -0.1) is 0 Å². The van der Waals surface area contributed by atoms with E-state index in [0.29, 0.717) is 0 Å². The lowest BCUT2D eigenvalue weighted by Crippen LogP contribution is -2.06. The maximum Gasteiger partial charge on any atom is 0.123 e. The molecule has 0 saturated heterocycles. The van der Waals surface area contributed by atoms with Crippen LogP contribution in [-0.4, -0.2) is 4.98 Å². The summed E-state index contributed by atoms with van der Waals surface area (Å²) >= 11 is 0. The molecule has 16 heavy (non-hydrogen) atoms. The Labute approximate surface area is 93.9 Å². The Kier molecular flexibility index (Phi) is 2.97. The lowest BCUT2D eigenvalue weighted by atomic mass is 10.1. The number of benzene rings is 1. The minimum absolute atomic E-state index is 0.0673. The van der Waals surface area contributed by atoms with Crippen LogP contribution in [0.3, 0.4) is 0 Å². The van der Waals surface area contributed by atoms with Gasteiger partial charge in [-0.2, -0.15) is 0 Å². The average molecular weight is 216 g/mol. The third-order valence-electron chi connectivity index (χ3n) is 2.43. The first kappa shape index (κ1) is 10.8. The van der Waals surface area contributed by atoms with Crippen molar-refractivity contribution in [2.24, 2.45) is 5.73 Å². The minimum atomic E-state index is -0.232. The molecule has 0 bridgehead atoms. The van der Waals surface area contributed by atoms with E-state index in [1.54, 1.807) is 18.3 Å². The van der Waals surface area contributed by atoms with E-state index in [9.17, 15) is 4.39 Å². The number of hydrogen-bond acceptors (Lipinski definition) is 2. The molecule has 0 aliphatic rings. The molecule has 2 N–H and O–H groups in total. The Morgan fingerprint density at radius 1 is 1.06 bits per heavy atom. The zero-order valence-electron chi connectivity index (χ0n) is 9.02. The molecule has 0 amide bonds. The van der Waals surface area contributed by atoms with Crippen molar-refractivity contribution in [1.82, 2.24) is 4.98 Å². The highest BCUT2D eigenvalue weighted by atomic mass is 19.1. The summed E-state index contributed by atoms with van der Waals surface area (Å²) in [5, 5.41) is 0. The van der Waals surface area contributed by atoms with Crippen LogP contribution in [0.15, 0.2) is 42.6 Å². The molecule has 82 valence electrons. The molecular weight excluding hydrogens is 203 g/mol. The van der Waals surface area contributed by atoms with Gasteiger partial charge in [0, 0.05) is 17.8 Å². The van der Waals surface area contributed by atoms with Crippen LogP contribution in [0.2, 0.25) is 0 Å². The SMILES string of the molecule is CC(N)c1ccc(-c2ccc(F)cc2)cn1. The molecule has 1 atom stereocenters. The fourth-order valence-corrected chi connectivity index (χ4v) is 1.49. The summed E-state index contributed by atoms with van der Waals surface area (Å²) in [5.41, 5.74) is 8.47. The van der Waals surface area contributed by atoms with Gasteiger partial charge in [-0.05, 0) is 30.7 Å². The van der Waals surface area contributed by atoms with E-state index < -0.39 is 0 Å². The van der Waals surface area contributed by atoms with E-state index in [1.165, 1.54) is 12.1 Å². The summed E-state index contributed by atoms with van der Waals surface area (Å²) in [7, 11) is 0. The molecule has 1 aromatic carbocycles. The van der Waals surface area contributed by atoms with Gasteiger partial charge in [0.25, 0.3) is 0 Å². The van der Waals surface area contributed by atoms with E-state index in [1.807, 2.05) is 19.1 Å². The van der Waals surface area contributed by atoms with Crippen LogP contribution >= 0.6 is 0 Å². The van der Waals surface area contributed by atoms with Gasteiger partial charge in [0.15, 0.2) is 0 Å². The molecule has 2 aromatic rings. The molecular formula is C13H13FN2. The maximum atomic E-state index is 12.7. The molecule has 1 aromatic heterocycles. The van der Waals surface area contributed by atoms with Crippen molar-refractivity contribution < 1.29 is 4.39 Å². The standard InChI is InChI=1S/C13H13FN2/c1-9(15)13-7-4-11(8-16-13)10-2-5-12(14)6-3-10/h2-9H,15H2,1H3. The van der Waals surface area contributed by atoms with E-state index in [2.05, 4.69) is 4.98 Å². The molecule has 3 heteroatoms. The Morgan fingerprint density at radius 2 is 1.69 bits per heavy atom. The highest BCUT2D eigenvalue weighted by molar-refractivity contribution is 5.62. The third-order valence-corrected chi connectivity index (χ3v) is 2.43. The van der Waals surface area contributed by atoms with Crippen LogP contribution in [0.5, 0.6) is 0 Å². The zero-order chi connectivity index (χ0) is 11.5. The summed E-state index contributed by atoms with van der Waals surface area (Å²) in [6.07, 6.45) is 1.76. The van der Waals surface area contributed by atoms with Gasteiger partial charge in [-0.1, -0.05) is 18.2 Å². The number of pyridine rings is 1. The van der Waals surface area contributed by atoms with E-state index >= 15 is 0 Å². The van der Waals surface area contributed by atoms with E-state index in [0.717, 1.165) is 16.8 Å². The molecule has 2 rings (SSSR count). The Morgan fingerprint density at radius 3 is 2.19 bits per heavy atom. The molecule has 1 unspecified atom stereocenters. The topological polar surface area (TPSA) is 38.9 Å². The molecule has 0 fully saturated rings. The van der Waals surface area contributed by atoms with Gasteiger partial charge in [-0.25, -0.2) is 4.39 Å².